The smallest absolute Gasteiger partial charge is 0.271 e. The second kappa shape index (κ2) is 4.69. The number of hydrogen-bond donors (Lipinski definition) is 1. The second-order valence-corrected chi connectivity index (χ2v) is 3.58. The first kappa shape index (κ1) is 11.2. The maximum atomic E-state index is 11.3. The third-order valence-electron chi connectivity index (χ3n) is 2.43. The molecule has 0 atom stereocenters. The van der Waals surface area contributed by atoms with Gasteiger partial charge in [0.15, 0.2) is 5.69 Å². The van der Waals surface area contributed by atoms with Gasteiger partial charge in [0.25, 0.3) is 5.91 Å². The summed E-state index contributed by atoms with van der Waals surface area (Å²) in [5.74, 6) is -0.288. The van der Waals surface area contributed by atoms with Crippen molar-refractivity contribution in [3.8, 4) is 5.88 Å². The van der Waals surface area contributed by atoms with E-state index in [9.17, 15) is 4.79 Å². The van der Waals surface area contributed by atoms with E-state index in [1.807, 2.05) is 30.3 Å². The summed E-state index contributed by atoms with van der Waals surface area (Å²) in [6.45, 7) is 0.537. The summed E-state index contributed by atoms with van der Waals surface area (Å²) in [6, 6.07) is 9.75. The van der Waals surface area contributed by atoms with Gasteiger partial charge in [0, 0.05) is 6.54 Å². The van der Waals surface area contributed by atoms with Gasteiger partial charge in [0.1, 0.15) is 0 Å². The average molecular weight is 231 g/mol. The molecule has 2 rings (SSSR count). The Morgan fingerprint density at radius 3 is 2.71 bits per heavy atom. The van der Waals surface area contributed by atoms with E-state index >= 15 is 0 Å². The molecule has 2 aromatic rings. The Balaban J connectivity index is 2.33. The second-order valence-electron chi connectivity index (χ2n) is 3.58. The SMILES string of the molecule is COc1ncn(Cc2ccccc2)c1C(N)=O. The van der Waals surface area contributed by atoms with Crippen molar-refractivity contribution in [2.75, 3.05) is 7.11 Å². The van der Waals surface area contributed by atoms with E-state index in [-0.39, 0.29) is 11.6 Å². The van der Waals surface area contributed by atoms with E-state index in [1.54, 1.807) is 10.9 Å². The Bertz CT molecular complexity index is 520. The van der Waals surface area contributed by atoms with Gasteiger partial charge < -0.3 is 15.0 Å². The van der Waals surface area contributed by atoms with Crippen molar-refractivity contribution in [1.82, 2.24) is 9.55 Å². The normalized spacial score (nSPS) is 10.2. The molecule has 0 aliphatic heterocycles. The highest BCUT2D eigenvalue weighted by atomic mass is 16.5. The molecule has 0 aliphatic rings. The van der Waals surface area contributed by atoms with Crippen molar-refractivity contribution in [2.24, 2.45) is 5.73 Å². The number of imidazole rings is 1. The highest BCUT2D eigenvalue weighted by Gasteiger charge is 2.16. The lowest BCUT2D eigenvalue weighted by molar-refractivity contribution is 0.0988. The van der Waals surface area contributed by atoms with Crippen LogP contribution in [0, 0.1) is 0 Å². The molecule has 1 aromatic carbocycles. The van der Waals surface area contributed by atoms with Crippen LogP contribution in [0.1, 0.15) is 16.1 Å². The van der Waals surface area contributed by atoms with Gasteiger partial charge in [-0.05, 0) is 5.56 Å². The van der Waals surface area contributed by atoms with Crippen molar-refractivity contribution >= 4 is 5.91 Å². The van der Waals surface area contributed by atoms with Crippen LogP contribution in [-0.4, -0.2) is 22.6 Å². The van der Waals surface area contributed by atoms with Gasteiger partial charge in [-0.3, -0.25) is 4.79 Å². The lowest BCUT2D eigenvalue weighted by Gasteiger charge is -2.06. The largest absolute Gasteiger partial charge is 0.479 e. The predicted molar refractivity (Wildman–Crippen MR) is 62.8 cm³/mol. The molecule has 0 saturated heterocycles. The van der Waals surface area contributed by atoms with Gasteiger partial charge in [0.05, 0.1) is 13.4 Å². The van der Waals surface area contributed by atoms with Crippen LogP contribution in [0.25, 0.3) is 0 Å². The quantitative estimate of drug-likeness (QED) is 0.854. The Labute approximate surface area is 98.8 Å². The van der Waals surface area contributed by atoms with Crippen LogP contribution in [0.2, 0.25) is 0 Å². The molecule has 0 unspecified atom stereocenters. The highest BCUT2D eigenvalue weighted by molar-refractivity contribution is 5.93. The number of benzene rings is 1. The number of nitrogens with two attached hydrogens (primary N) is 1. The molecule has 0 fully saturated rings. The Hall–Kier alpha value is -2.30. The number of hydrogen-bond acceptors (Lipinski definition) is 3. The monoisotopic (exact) mass is 231 g/mol. The van der Waals surface area contributed by atoms with E-state index in [1.165, 1.54) is 7.11 Å². The summed E-state index contributed by atoms with van der Waals surface area (Å²) >= 11 is 0. The van der Waals surface area contributed by atoms with E-state index in [0.29, 0.717) is 6.54 Å². The molecule has 5 heteroatoms. The number of carbonyl (C=O) groups is 1. The third-order valence-corrected chi connectivity index (χ3v) is 2.43. The molecular weight excluding hydrogens is 218 g/mol. The summed E-state index contributed by atoms with van der Waals surface area (Å²) in [5, 5.41) is 0. The van der Waals surface area contributed by atoms with Crippen LogP contribution >= 0.6 is 0 Å². The molecule has 88 valence electrons. The van der Waals surface area contributed by atoms with Crippen molar-refractivity contribution in [3.05, 3.63) is 47.9 Å². The van der Waals surface area contributed by atoms with E-state index in [4.69, 9.17) is 10.5 Å². The maximum absolute atomic E-state index is 11.3. The molecule has 17 heavy (non-hydrogen) atoms. The van der Waals surface area contributed by atoms with Gasteiger partial charge in [-0.25, -0.2) is 4.98 Å². The highest BCUT2D eigenvalue weighted by Crippen LogP contribution is 2.16. The van der Waals surface area contributed by atoms with E-state index < -0.39 is 5.91 Å². The fourth-order valence-corrected chi connectivity index (χ4v) is 1.66. The van der Waals surface area contributed by atoms with Gasteiger partial charge >= 0.3 is 0 Å². The summed E-state index contributed by atoms with van der Waals surface area (Å²) < 4.78 is 6.67. The molecule has 0 bridgehead atoms. The van der Waals surface area contributed by atoms with Crippen LogP contribution in [0.15, 0.2) is 36.7 Å². The number of nitrogens with zero attached hydrogens (tertiary/aromatic N) is 2. The first-order valence-electron chi connectivity index (χ1n) is 5.15. The number of carbonyl (C=O) groups excluding carboxylic acids is 1. The summed E-state index contributed by atoms with van der Waals surface area (Å²) in [7, 11) is 1.46. The van der Waals surface area contributed by atoms with Crippen molar-refractivity contribution in [2.45, 2.75) is 6.54 Å². The molecule has 0 radical (unpaired) electrons. The van der Waals surface area contributed by atoms with E-state index in [2.05, 4.69) is 4.98 Å². The van der Waals surface area contributed by atoms with E-state index in [0.717, 1.165) is 5.56 Å². The van der Waals surface area contributed by atoms with Crippen LogP contribution < -0.4 is 10.5 Å². The number of rotatable bonds is 4. The maximum Gasteiger partial charge on any atom is 0.271 e. The lowest BCUT2D eigenvalue weighted by Crippen LogP contribution is -2.18. The summed E-state index contributed by atoms with van der Waals surface area (Å²) in [6.07, 6.45) is 1.55. The first-order valence-corrected chi connectivity index (χ1v) is 5.15. The van der Waals surface area contributed by atoms with Crippen molar-refractivity contribution in [1.29, 1.82) is 0 Å². The summed E-state index contributed by atoms with van der Waals surface area (Å²) in [5.41, 5.74) is 6.66. The number of ether oxygens (including phenoxy) is 1. The molecule has 2 N–H and O–H groups in total. The fourth-order valence-electron chi connectivity index (χ4n) is 1.66. The molecular formula is C12H13N3O2. The molecule has 0 spiro atoms. The fraction of sp³-hybridized carbons (Fsp3) is 0.167. The minimum atomic E-state index is -0.546. The predicted octanol–water partition coefficient (Wildman–Crippen LogP) is 1.04. The minimum Gasteiger partial charge on any atom is -0.479 e. The molecule has 0 saturated carbocycles. The Kier molecular flexibility index (Phi) is 3.09. The van der Waals surface area contributed by atoms with Gasteiger partial charge in [-0.1, -0.05) is 30.3 Å². The van der Waals surface area contributed by atoms with Crippen molar-refractivity contribution in [3.63, 3.8) is 0 Å². The van der Waals surface area contributed by atoms with Crippen LogP contribution in [0.3, 0.4) is 0 Å². The standard InChI is InChI=1S/C12H13N3O2/c1-17-12-10(11(13)16)15(8-14-12)7-9-5-3-2-4-6-9/h2-6,8H,7H2,1H3,(H2,13,16). The minimum absolute atomic E-state index is 0.258. The molecule has 5 nitrogen and oxygen atoms in total. The molecule has 1 aromatic heterocycles. The third kappa shape index (κ3) is 2.28. The molecule has 0 aliphatic carbocycles. The summed E-state index contributed by atoms with van der Waals surface area (Å²) in [4.78, 5) is 15.3. The zero-order valence-corrected chi connectivity index (χ0v) is 9.46. The van der Waals surface area contributed by atoms with Gasteiger partial charge in [-0.15, -0.1) is 0 Å². The Morgan fingerprint density at radius 2 is 2.12 bits per heavy atom. The number of aromatic nitrogens is 2. The first-order chi connectivity index (χ1) is 8.22. The van der Waals surface area contributed by atoms with Gasteiger partial charge in [0.2, 0.25) is 5.88 Å². The zero-order valence-electron chi connectivity index (χ0n) is 9.46. The average Bonchev–Trinajstić information content (AvgIpc) is 2.73. The topological polar surface area (TPSA) is 70.1 Å². The molecule has 1 heterocycles. The van der Waals surface area contributed by atoms with Crippen LogP contribution in [-0.2, 0) is 6.54 Å². The number of primary amides is 1. The lowest BCUT2D eigenvalue weighted by atomic mass is 10.2. The number of methoxy groups -OCH3 is 1. The van der Waals surface area contributed by atoms with Gasteiger partial charge in [-0.2, -0.15) is 0 Å². The Morgan fingerprint density at radius 1 is 1.41 bits per heavy atom. The zero-order chi connectivity index (χ0) is 12.3. The van der Waals surface area contributed by atoms with Crippen LogP contribution in [0.4, 0.5) is 0 Å². The number of amides is 1. The van der Waals surface area contributed by atoms with Crippen molar-refractivity contribution < 1.29 is 9.53 Å². The molecule has 1 amide bonds. The van der Waals surface area contributed by atoms with Crippen LogP contribution in [0.5, 0.6) is 5.88 Å².